The van der Waals surface area contributed by atoms with Crippen molar-refractivity contribution in [3.8, 4) is 0 Å². The lowest BCUT2D eigenvalue weighted by Crippen LogP contribution is -2.30. The molecule has 2 rings (SSSR count). The van der Waals surface area contributed by atoms with Gasteiger partial charge in [-0.3, -0.25) is 9.36 Å². The molecule has 0 spiro atoms. The normalized spacial score (nSPS) is 13.1. The highest BCUT2D eigenvalue weighted by Crippen LogP contribution is 2.18. The van der Waals surface area contributed by atoms with Crippen LogP contribution in [0.3, 0.4) is 0 Å². The van der Waals surface area contributed by atoms with Gasteiger partial charge in [-0.2, -0.15) is 0 Å². The minimum Gasteiger partial charge on any atom is -0.389 e. The van der Waals surface area contributed by atoms with E-state index in [1.165, 1.54) is 10.9 Å². The number of nitrogens with zero attached hydrogens (tertiary/aromatic N) is 2. The molecule has 0 saturated carbocycles. The number of hydrogen-bond acceptors (Lipinski definition) is 4. The molecule has 6 heteroatoms. The molecule has 1 unspecified atom stereocenters. The van der Waals surface area contributed by atoms with E-state index in [4.69, 9.17) is 4.74 Å². The molecule has 5 nitrogen and oxygen atoms in total. The molecule has 1 aromatic heterocycles. The number of hydrogen-bond donors (Lipinski definition) is 1. The summed E-state index contributed by atoms with van der Waals surface area (Å²) in [4.78, 5) is 16.6. The molecular formula is C14H17BrN2O3. The fraction of sp³-hybridized carbons (Fsp3) is 0.429. The zero-order valence-corrected chi connectivity index (χ0v) is 13.0. The minimum absolute atomic E-state index is 0.0482. The Hall–Kier alpha value is -1.24. The number of aliphatic hydroxyl groups is 1. The molecule has 1 N–H and O–H groups in total. The van der Waals surface area contributed by atoms with Gasteiger partial charge in [-0.05, 0) is 41.9 Å². The lowest BCUT2D eigenvalue weighted by atomic mass is 10.2. The molecule has 1 heterocycles. The largest absolute Gasteiger partial charge is 0.389 e. The first kappa shape index (κ1) is 15.2. The van der Waals surface area contributed by atoms with Crippen molar-refractivity contribution in [2.24, 2.45) is 0 Å². The quantitative estimate of drug-likeness (QED) is 0.903. The van der Waals surface area contributed by atoms with Crippen LogP contribution in [-0.4, -0.2) is 33.5 Å². The third-order valence-electron chi connectivity index (χ3n) is 2.83. The van der Waals surface area contributed by atoms with Gasteiger partial charge in [0.25, 0.3) is 5.56 Å². The Bertz CT molecular complexity index is 654. The van der Waals surface area contributed by atoms with Crippen LogP contribution >= 0.6 is 15.9 Å². The Morgan fingerprint density at radius 2 is 2.20 bits per heavy atom. The summed E-state index contributed by atoms with van der Waals surface area (Å²) < 4.78 is 7.52. The highest BCUT2D eigenvalue weighted by atomic mass is 79.9. The summed E-state index contributed by atoms with van der Waals surface area (Å²) in [6, 6.07) is 5.35. The molecule has 2 aromatic rings. The number of aliphatic hydroxyl groups excluding tert-OH is 1. The Kier molecular flexibility index (Phi) is 4.91. The summed E-state index contributed by atoms with van der Waals surface area (Å²) in [5.41, 5.74) is 0.460. The second-order valence-corrected chi connectivity index (χ2v) is 5.73. The van der Waals surface area contributed by atoms with E-state index in [0.29, 0.717) is 10.9 Å². The first-order valence-corrected chi connectivity index (χ1v) is 7.21. The van der Waals surface area contributed by atoms with Gasteiger partial charge in [0.15, 0.2) is 0 Å². The van der Waals surface area contributed by atoms with Gasteiger partial charge >= 0.3 is 0 Å². The number of halogens is 1. The average Bonchev–Trinajstić information content (AvgIpc) is 2.40. The van der Waals surface area contributed by atoms with Crippen LogP contribution in [0.1, 0.15) is 13.8 Å². The van der Waals surface area contributed by atoms with E-state index in [2.05, 4.69) is 20.9 Å². The van der Waals surface area contributed by atoms with Crippen molar-refractivity contribution in [2.45, 2.75) is 32.6 Å². The van der Waals surface area contributed by atoms with E-state index in [1.807, 2.05) is 19.9 Å². The molecule has 1 aromatic carbocycles. The van der Waals surface area contributed by atoms with Gasteiger partial charge in [0.05, 0.1) is 42.6 Å². The van der Waals surface area contributed by atoms with Gasteiger partial charge in [0.2, 0.25) is 0 Å². The molecule has 1 atom stereocenters. The lowest BCUT2D eigenvalue weighted by molar-refractivity contribution is -0.00111. The van der Waals surface area contributed by atoms with Crippen LogP contribution in [0, 0.1) is 0 Å². The first-order valence-electron chi connectivity index (χ1n) is 6.42. The molecule has 0 saturated heterocycles. The molecule has 0 fully saturated rings. The number of rotatable bonds is 5. The summed E-state index contributed by atoms with van der Waals surface area (Å²) in [6.45, 7) is 4.16. The van der Waals surface area contributed by atoms with Crippen molar-refractivity contribution in [2.75, 3.05) is 6.61 Å². The first-order chi connectivity index (χ1) is 9.49. The lowest BCUT2D eigenvalue weighted by Gasteiger charge is -2.15. The van der Waals surface area contributed by atoms with Crippen LogP contribution in [0.25, 0.3) is 10.9 Å². The van der Waals surface area contributed by atoms with E-state index < -0.39 is 6.10 Å². The third-order valence-corrected chi connectivity index (χ3v) is 3.47. The van der Waals surface area contributed by atoms with Crippen LogP contribution in [0.2, 0.25) is 0 Å². The maximum absolute atomic E-state index is 12.3. The number of para-hydroxylation sites is 1. The molecular weight excluding hydrogens is 324 g/mol. The van der Waals surface area contributed by atoms with Crippen molar-refractivity contribution in [1.29, 1.82) is 0 Å². The molecule has 0 aliphatic heterocycles. The second-order valence-electron chi connectivity index (χ2n) is 4.87. The van der Waals surface area contributed by atoms with Crippen molar-refractivity contribution >= 4 is 26.8 Å². The summed E-state index contributed by atoms with van der Waals surface area (Å²) in [5.74, 6) is 0. The number of aromatic nitrogens is 2. The average molecular weight is 341 g/mol. The summed E-state index contributed by atoms with van der Waals surface area (Å²) in [7, 11) is 0. The molecule has 0 aliphatic carbocycles. The van der Waals surface area contributed by atoms with Gasteiger partial charge in [0.1, 0.15) is 0 Å². The number of fused-ring (bicyclic) bond motifs is 1. The summed E-state index contributed by atoms with van der Waals surface area (Å²) in [5, 5.41) is 10.4. The van der Waals surface area contributed by atoms with Crippen LogP contribution in [0.5, 0.6) is 0 Å². The zero-order valence-electron chi connectivity index (χ0n) is 11.4. The summed E-state index contributed by atoms with van der Waals surface area (Å²) in [6.07, 6.45) is 0.766. The maximum atomic E-state index is 12.3. The number of ether oxygens (including phenoxy) is 1. The maximum Gasteiger partial charge on any atom is 0.261 e. The topological polar surface area (TPSA) is 64.3 Å². The van der Waals surface area contributed by atoms with Crippen LogP contribution in [-0.2, 0) is 11.3 Å². The fourth-order valence-electron chi connectivity index (χ4n) is 1.87. The molecule has 0 aliphatic rings. The molecule has 0 amide bonds. The predicted octanol–water partition coefficient (Wildman–Crippen LogP) is 1.94. The zero-order chi connectivity index (χ0) is 14.7. The van der Waals surface area contributed by atoms with Gasteiger partial charge in [-0.15, -0.1) is 0 Å². The Balaban J connectivity index is 2.23. The van der Waals surface area contributed by atoms with Crippen LogP contribution in [0.15, 0.2) is 33.8 Å². The van der Waals surface area contributed by atoms with Gasteiger partial charge in [-0.1, -0.05) is 6.07 Å². The van der Waals surface area contributed by atoms with Crippen molar-refractivity contribution in [3.63, 3.8) is 0 Å². The van der Waals surface area contributed by atoms with E-state index in [1.54, 1.807) is 12.1 Å². The summed E-state index contributed by atoms with van der Waals surface area (Å²) >= 11 is 3.37. The minimum atomic E-state index is -0.735. The third kappa shape index (κ3) is 3.45. The fourth-order valence-corrected chi connectivity index (χ4v) is 2.34. The highest BCUT2D eigenvalue weighted by molar-refractivity contribution is 9.10. The second kappa shape index (κ2) is 6.47. The Morgan fingerprint density at radius 1 is 1.45 bits per heavy atom. The Labute approximate surface area is 125 Å². The van der Waals surface area contributed by atoms with Gasteiger partial charge in [-0.25, -0.2) is 4.98 Å². The standard InChI is InChI=1S/C14H17BrN2O3/c1-9(2)20-7-10(18)6-17-8-16-13-11(14(17)19)4-3-5-12(13)15/h3-5,8-10,18H,6-7H2,1-2H3. The molecule has 0 bridgehead atoms. The SMILES string of the molecule is CC(C)OCC(O)Cn1cnc2c(Br)cccc2c1=O. The van der Waals surface area contributed by atoms with E-state index in [-0.39, 0.29) is 24.8 Å². The smallest absolute Gasteiger partial charge is 0.261 e. The highest BCUT2D eigenvalue weighted by Gasteiger charge is 2.11. The van der Waals surface area contributed by atoms with Crippen molar-refractivity contribution in [3.05, 3.63) is 39.4 Å². The van der Waals surface area contributed by atoms with E-state index >= 15 is 0 Å². The van der Waals surface area contributed by atoms with Crippen molar-refractivity contribution < 1.29 is 9.84 Å². The predicted molar refractivity (Wildman–Crippen MR) is 80.8 cm³/mol. The monoisotopic (exact) mass is 340 g/mol. The number of benzene rings is 1. The van der Waals surface area contributed by atoms with Crippen LogP contribution < -0.4 is 5.56 Å². The van der Waals surface area contributed by atoms with Crippen LogP contribution in [0.4, 0.5) is 0 Å². The van der Waals surface area contributed by atoms with Crippen molar-refractivity contribution in [1.82, 2.24) is 9.55 Å². The van der Waals surface area contributed by atoms with Gasteiger partial charge in [0, 0.05) is 4.47 Å². The molecule has 108 valence electrons. The van der Waals surface area contributed by atoms with E-state index in [0.717, 1.165) is 4.47 Å². The Morgan fingerprint density at radius 3 is 2.90 bits per heavy atom. The van der Waals surface area contributed by atoms with Gasteiger partial charge < -0.3 is 9.84 Å². The van der Waals surface area contributed by atoms with E-state index in [9.17, 15) is 9.90 Å². The molecule has 0 radical (unpaired) electrons. The molecule has 20 heavy (non-hydrogen) atoms.